The Labute approximate surface area is 66.6 Å². The predicted octanol–water partition coefficient (Wildman–Crippen LogP) is 0.542. The molecule has 3 atom stereocenters. The van der Waals surface area contributed by atoms with Crippen LogP contribution in [0.1, 0.15) is 6.92 Å². The molecule has 1 rings (SSSR count). The van der Waals surface area contributed by atoms with Gasteiger partial charge in [0.2, 0.25) is 0 Å². The van der Waals surface area contributed by atoms with Crippen LogP contribution in [0.25, 0.3) is 0 Å². The molecule has 0 saturated carbocycles. The van der Waals surface area contributed by atoms with Gasteiger partial charge in [-0.2, -0.15) is 0 Å². The first-order valence-corrected chi connectivity index (χ1v) is 3.78. The lowest BCUT2D eigenvalue weighted by Gasteiger charge is -2.32. The van der Waals surface area contributed by atoms with Crippen molar-refractivity contribution < 1.29 is 14.6 Å². The summed E-state index contributed by atoms with van der Waals surface area (Å²) >= 11 is 0. The van der Waals surface area contributed by atoms with Gasteiger partial charge in [0.15, 0.2) is 6.29 Å². The summed E-state index contributed by atoms with van der Waals surface area (Å²) in [4.78, 5) is 0. The number of rotatable bonds is 2. The van der Waals surface area contributed by atoms with Crippen molar-refractivity contribution in [3.63, 3.8) is 0 Å². The third-order valence-electron chi connectivity index (χ3n) is 1.85. The predicted molar refractivity (Wildman–Crippen MR) is 41.1 cm³/mol. The van der Waals surface area contributed by atoms with E-state index in [1.807, 2.05) is 6.92 Å². The summed E-state index contributed by atoms with van der Waals surface area (Å²) in [5, 5.41) is 8.88. The Hall–Kier alpha value is -0.380. The van der Waals surface area contributed by atoms with E-state index in [1.165, 1.54) is 0 Å². The monoisotopic (exact) mass is 158 g/mol. The third-order valence-corrected chi connectivity index (χ3v) is 1.85. The summed E-state index contributed by atoms with van der Waals surface area (Å²) < 4.78 is 10.5. The SMILES string of the molecule is C=C[C@@H]1COC(C)O[C@@H]1CO. The van der Waals surface area contributed by atoms with Gasteiger partial charge >= 0.3 is 0 Å². The van der Waals surface area contributed by atoms with E-state index in [2.05, 4.69) is 6.58 Å². The normalized spacial score (nSPS) is 38.5. The standard InChI is InChI=1S/C8H14O3/c1-3-7-5-10-6(2)11-8(7)4-9/h3,6-9H,1,4-5H2,2H3/t6?,7-,8-/m1/s1. The molecule has 0 aromatic carbocycles. The highest BCUT2D eigenvalue weighted by atomic mass is 16.7. The fraction of sp³-hybridized carbons (Fsp3) is 0.750. The maximum atomic E-state index is 8.88. The van der Waals surface area contributed by atoms with Crippen molar-refractivity contribution in [2.45, 2.75) is 19.3 Å². The lowest BCUT2D eigenvalue weighted by molar-refractivity contribution is -0.226. The first-order chi connectivity index (χ1) is 5.27. The fourth-order valence-corrected chi connectivity index (χ4v) is 1.14. The average molecular weight is 158 g/mol. The van der Waals surface area contributed by atoms with Crippen molar-refractivity contribution in [1.29, 1.82) is 0 Å². The van der Waals surface area contributed by atoms with Crippen molar-refractivity contribution in [2.24, 2.45) is 5.92 Å². The van der Waals surface area contributed by atoms with E-state index in [4.69, 9.17) is 14.6 Å². The van der Waals surface area contributed by atoms with Crippen molar-refractivity contribution in [3.8, 4) is 0 Å². The van der Waals surface area contributed by atoms with Crippen LogP contribution in [-0.4, -0.2) is 30.7 Å². The van der Waals surface area contributed by atoms with Gasteiger partial charge in [-0.25, -0.2) is 0 Å². The maximum Gasteiger partial charge on any atom is 0.155 e. The lowest BCUT2D eigenvalue weighted by atomic mass is 10.0. The van der Waals surface area contributed by atoms with Crippen LogP contribution in [0, 0.1) is 5.92 Å². The van der Waals surface area contributed by atoms with Crippen molar-refractivity contribution in [1.82, 2.24) is 0 Å². The van der Waals surface area contributed by atoms with Crippen molar-refractivity contribution in [3.05, 3.63) is 12.7 Å². The zero-order valence-corrected chi connectivity index (χ0v) is 6.69. The first kappa shape index (κ1) is 8.71. The van der Waals surface area contributed by atoms with Crippen molar-refractivity contribution >= 4 is 0 Å². The molecule has 0 aromatic rings. The van der Waals surface area contributed by atoms with Crippen LogP contribution in [0.4, 0.5) is 0 Å². The Bertz CT molecular complexity index is 135. The van der Waals surface area contributed by atoms with Gasteiger partial charge in [-0.05, 0) is 6.92 Å². The molecule has 0 aliphatic carbocycles. The Morgan fingerprint density at radius 1 is 1.73 bits per heavy atom. The second kappa shape index (κ2) is 3.85. The molecule has 0 radical (unpaired) electrons. The summed E-state index contributed by atoms with van der Waals surface area (Å²) in [6.07, 6.45) is 1.41. The van der Waals surface area contributed by atoms with E-state index in [0.717, 1.165) is 0 Å². The van der Waals surface area contributed by atoms with E-state index in [9.17, 15) is 0 Å². The number of aliphatic hydroxyl groups excluding tert-OH is 1. The van der Waals surface area contributed by atoms with Gasteiger partial charge in [0, 0.05) is 5.92 Å². The van der Waals surface area contributed by atoms with E-state index in [0.29, 0.717) is 6.61 Å². The molecule has 1 aliphatic rings. The first-order valence-electron chi connectivity index (χ1n) is 3.78. The third kappa shape index (κ3) is 2.02. The number of hydrogen-bond donors (Lipinski definition) is 1. The highest BCUT2D eigenvalue weighted by molar-refractivity contribution is 4.87. The van der Waals surface area contributed by atoms with Gasteiger partial charge < -0.3 is 14.6 Å². The van der Waals surface area contributed by atoms with Crippen LogP contribution in [0.2, 0.25) is 0 Å². The molecule has 1 aliphatic heterocycles. The van der Waals surface area contributed by atoms with E-state index >= 15 is 0 Å². The van der Waals surface area contributed by atoms with Crippen LogP contribution < -0.4 is 0 Å². The highest BCUT2D eigenvalue weighted by Crippen LogP contribution is 2.18. The number of hydrogen-bond acceptors (Lipinski definition) is 3. The van der Waals surface area contributed by atoms with Gasteiger partial charge in [0.1, 0.15) is 0 Å². The number of ether oxygens (including phenoxy) is 2. The second-order valence-corrected chi connectivity index (χ2v) is 2.66. The van der Waals surface area contributed by atoms with E-state index in [-0.39, 0.29) is 24.9 Å². The minimum Gasteiger partial charge on any atom is -0.394 e. The molecule has 1 fully saturated rings. The summed E-state index contributed by atoms with van der Waals surface area (Å²) in [6, 6.07) is 0. The summed E-state index contributed by atoms with van der Waals surface area (Å²) in [5.41, 5.74) is 0. The molecule has 3 heteroatoms. The molecule has 64 valence electrons. The van der Waals surface area contributed by atoms with Gasteiger partial charge in [-0.3, -0.25) is 0 Å². The molecule has 0 aromatic heterocycles. The van der Waals surface area contributed by atoms with E-state index in [1.54, 1.807) is 6.08 Å². The van der Waals surface area contributed by atoms with Crippen LogP contribution in [0.15, 0.2) is 12.7 Å². The van der Waals surface area contributed by atoms with Gasteiger partial charge in [-0.15, -0.1) is 6.58 Å². The number of aliphatic hydroxyl groups is 1. The summed E-state index contributed by atoms with van der Waals surface area (Å²) in [6.45, 7) is 6.08. The van der Waals surface area contributed by atoms with Gasteiger partial charge in [0.25, 0.3) is 0 Å². The Kier molecular flexibility index (Phi) is 3.05. The maximum absolute atomic E-state index is 8.88. The van der Waals surface area contributed by atoms with Crippen LogP contribution in [0.3, 0.4) is 0 Å². The second-order valence-electron chi connectivity index (χ2n) is 2.66. The summed E-state index contributed by atoms with van der Waals surface area (Å²) in [5.74, 6) is 0.121. The molecule has 0 bridgehead atoms. The molecule has 1 N–H and O–H groups in total. The smallest absolute Gasteiger partial charge is 0.155 e. The molecule has 0 amide bonds. The molecule has 3 nitrogen and oxygen atoms in total. The van der Waals surface area contributed by atoms with Gasteiger partial charge in [0.05, 0.1) is 19.3 Å². The Morgan fingerprint density at radius 3 is 3.00 bits per heavy atom. The van der Waals surface area contributed by atoms with E-state index < -0.39 is 0 Å². The van der Waals surface area contributed by atoms with Gasteiger partial charge in [-0.1, -0.05) is 6.08 Å². The lowest BCUT2D eigenvalue weighted by Crippen LogP contribution is -2.39. The van der Waals surface area contributed by atoms with Crippen molar-refractivity contribution in [2.75, 3.05) is 13.2 Å². The topological polar surface area (TPSA) is 38.7 Å². The minimum atomic E-state index is -0.205. The zero-order valence-electron chi connectivity index (χ0n) is 6.69. The molecular formula is C8H14O3. The fourth-order valence-electron chi connectivity index (χ4n) is 1.14. The zero-order chi connectivity index (χ0) is 8.27. The molecule has 0 spiro atoms. The summed E-state index contributed by atoms with van der Waals surface area (Å²) in [7, 11) is 0. The Balaban J connectivity index is 2.47. The molecule has 1 unspecified atom stereocenters. The quantitative estimate of drug-likeness (QED) is 0.596. The molecular weight excluding hydrogens is 144 g/mol. The van der Waals surface area contributed by atoms with Crippen LogP contribution >= 0.6 is 0 Å². The van der Waals surface area contributed by atoms with Crippen LogP contribution in [-0.2, 0) is 9.47 Å². The highest BCUT2D eigenvalue weighted by Gasteiger charge is 2.26. The molecule has 11 heavy (non-hydrogen) atoms. The molecule has 1 heterocycles. The molecule has 1 saturated heterocycles. The largest absolute Gasteiger partial charge is 0.394 e. The average Bonchev–Trinajstić information content (AvgIpc) is 2.04. The minimum absolute atomic E-state index is 0.0321. The Morgan fingerprint density at radius 2 is 2.45 bits per heavy atom. The van der Waals surface area contributed by atoms with Crippen LogP contribution in [0.5, 0.6) is 0 Å².